The molecule has 0 unspecified atom stereocenters. The van der Waals surface area contributed by atoms with Gasteiger partial charge in [0.25, 0.3) is 11.4 Å². The van der Waals surface area contributed by atoms with Crippen LogP contribution in [0, 0.1) is 38.0 Å². The number of nitro benzene ring substituents is 2. The van der Waals surface area contributed by atoms with E-state index < -0.39 is 27.6 Å². The number of hydrogen-bond donors (Lipinski definition) is 2. The molecular formula is C54H56N4O11. The van der Waals surface area contributed by atoms with Gasteiger partial charge in [0.05, 0.1) is 34.1 Å². The van der Waals surface area contributed by atoms with E-state index in [1.54, 1.807) is 47.4 Å². The van der Waals surface area contributed by atoms with Crippen LogP contribution in [0.25, 0.3) is 16.8 Å². The Kier molecular flexibility index (Phi) is 15.3. The molecule has 15 nitrogen and oxygen atoms in total. The second-order valence-electron chi connectivity index (χ2n) is 17.6. The van der Waals surface area contributed by atoms with Gasteiger partial charge in [-0.15, -0.1) is 6.58 Å². The summed E-state index contributed by atoms with van der Waals surface area (Å²) in [6.45, 7) is 4.29. The average molecular weight is 937 g/mol. The van der Waals surface area contributed by atoms with Gasteiger partial charge in [-0.05, 0) is 107 Å². The van der Waals surface area contributed by atoms with Crippen LogP contribution in [-0.2, 0) is 20.9 Å². The van der Waals surface area contributed by atoms with Gasteiger partial charge >= 0.3 is 0 Å². The van der Waals surface area contributed by atoms with E-state index in [2.05, 4.69) is 12.7 Å². The topological polar surface area (TPSA) is 196 Å². The number of ether oxygens (including phenoxy) is 3. The molecule has 5 aromatic carbocycles. The van der Waals surface area contributed by atoms with Gasteiger partial charge in [-0.1, -0.05) is 78.7 Å². The molecule has 1 fully saturated rings. The Balaban J connectivity index is 1.34. The van der Waals surface area contributed by atoms with Crippen molar-refractivity contribution >= 4 is 39.8 Å². The Hall–Kier alpha value is -7.20. The Labute approximate surface area is 400 Å². The van der Waals surface area contributed by atoms with E-state index in [0.717, 1.165) is 40.3 Å². The minimum atomic E-state index is -1.57. The third-order valence-electron chi connectivity index (χ3n) is 13.5. The molecule has 5 aromatic rings. The predicted molar refractivity (Wildman–Crippen MR) is 262 cm³/mol. The first kappa shape index (κ1) is 48.3. The predicted octanol–water partition coefficient (Wildman–Crippen LogP) is 10.5. The minimum absolute atomic E-state index is 0.0208. The average Bonchev–Trinajstić information content (AvgIpc) is 3.36. The second-order valence-corrected chi connectivity index (χ2v) is 17.6. The van der Waals surface area contributed by atoms with Gasteiger partial charge in [0, 0.05) is 61.9 Å². The summed E-state index contributed by atoms with van der Waals surface area (Å²) in [5.74, 6) is -1.79. The molecule has 3 aliphatic rings. The van der Waals surface area contributed by atoms with Crippen LogP contribution in [-0.4, -0.2) is 75.3 Å². The van der Waals surface area contributed by atoms with Crippen LogP contribution in [0.5, 0.6) is 17.2 Å². The van der Waals surface area contributed by atoms with Crippen molar-refractivity contribution in [1.82, 2.24) is 4.90 Å². The van der Waals surface area contributed by atoms with E-state index in [4.69, 9.17) is 24.2 Å². The van der Waals surface area contributed by atoms with Crippen molar-refractivity contribution in [2.24, 2.45) is 22.9 Å². The maximum absolute atomic E-state index is 15.3. The molecule has 15 heteroatoms. The third-order valence-corrected chi connectivity index (χ3v) is 13.5. The molecule has 358 valence electrons. The number of nitrogens with zero attached hydrogens (tertiary/aromatic N) is 4. The van der Waals surface area contributed by atoms with Gasteiger partial charge in [-0.25, -0.2) is 0 Å². The van der Waals surface area contributed by atoms with Crippen molar-refractivity contribution in [3.05, 3.63) is 176 Å². The molecule has 0 saturated heterocycles. The molecule has 69 heavy (non-hydrogen) atoms. The van der Waals surface area contributed by atoms with Crippen LogP contribution in [0.3, 0.4) is 0 Å². The van der Waals surface area contributed by atoms with E-state index in [0.29, 0.717) is 48.5 Å². The SMILES string of the molecule is C=CCO[C@@]12Oc3ccc(Oc4cccc([N+](=O)[O-])c4)cc3[C@H]3[C@H](CCCCO)[C@@H](CCCCO)C=C(C(=NOC)C[C@@H]1N(Cc1cccc4ccccc14)C(=O)C=Cc1ccc([N+](=O)[O-])cc1)[C@H]32. The van der Waals surface area contributed by atoms with E-state index >= 15 is 4.79 Å². The fourth-order valence-electron chi connectivity index (χ4n) is 10.5. The van der Waals surface area contributed by atoms with Crippen molar-refractivity contribution < 1.29 is 43.9 Å². The highest BCUT2D eigenvalue weighted by molar-refractivity contribution is 6.03. The summed E-state index contributed by atoms with van der Waals surface area (Å²) in [4.78, 5) is 45.0. The quantitative estimate of drug-likeness (QED) is 0.0233. The number of nitro groups is 2. The van der Waals surface area contributed by atoms with Crippen LogP contribution in [0.4, 0.5) is 11.4 Å². The molecule has 0 radical (unpaired) electrons. The molecule has 0 aromatic heterocycles. The maximum Gasteiger partial charge on any atom is 0.273 e. The smallest absolute Gasteiger partial charge is 0.273 e. The summed E-state index contributed by atoms with van der Waals surface area (Å²) in [5, 5.41) is 49.8. The standard InChI is InChI=1S/C54H56N4O11/c1-3-30-67-54-50(56(35-39-15-10-14-37-12-4-5-18-44(37)39)51(61)27-22-36-20-23-40(24-21-36)57(62)63)34-48(55-66-2)46-31-38(13-6-8-28-59)45(19-7-9-29-60)52(53(46)54)47-33-43(25-26-49(47)69-54)68-42-17-11-16-41(32-42)58(64)65/h3-5,10-12,14-18,20-27,31-33,38,45,50,52-53,59-60H,1,6-9,13,19,28-30,34-35H2,2H3/t38-,45+,50-,52+,53+,54+/m0/s1. The maximum atomic E-state index is 15.3. The van der Waals surface area contributed by atoms with E-state index in [-0.39, 0.29) is 73.6 Å². The zero-order valence-electron chi connectivity index (χ0n) is 38.4. The number of rotatable bonds is 21. The number of hydrogen-bond acceptors (Lipinski definition) is 12. The number of aliphatic hydroxyl groups excluding tert-OH is 2. The molecule has 2 aliphatic carbocycles. The summed E-state index contributed by atoms with van der Waals surface area (Å²) >= 11 is 0. The van der Waals surface area contributed by atoms with Gasteiger partial charge in [-0.3, -0.25) is 25.0 Å². The van der Waals surface area contributed by atoms with Crippen LogP contribution in [0.15, 0.2) is 145 Å². The number of aliphatic hydroxyl groups is 2. The van der Waals surface area contributed by atoms with Crippen LogP contribution < -0.4 is 9.47 Å². The first-order valence-electron chi connectivity index (χ1n) is 23.3. The Morgan fingerprint density at radius 1 is 0.884 bits per heavy atom. The van der Waals surface area contributed by atoms with Crippen molar-refractivity contribution in [1.29, 1.82) is 0 Å². The number of non-ortho nitro benzene ring substituents is 2. The van der Waals surface area contributed by atoms with E-state index in [1.807, 2.05) is 54.6 Å². The fourth-order valence-corrected chi connectivity index (χ4v) is 10.5. The number of unbranched alkanes of at least 4 members (excludes halogenated alkanes) is 2. The summed E-state index contributed by atoms with van der Waals surface area (Å²) < 4.78 is 20.9. The van der Waals surface area contributed by atoms with Crippen molar-refractivity contribution in [2.75, 3.05) is 26.9 Å². The number of amides is 1. The normalized spacial score (nSPS) is 22.0. The van der Waals surface area contributed by atoms with Gasteiger partial charge in [0.1, 0.15) is 30.4 Å². The molecular weight excluding hydrogens is 881 g/mol. The number of benzene rings is 5. The van der Waals surface area contributed by atoms with Crippen LogP contribution in [0.2, 0.25) is 0 Å². The van der Waals surface area contributed by atoms with Gasteiger partial charge in [0.2, 0.25) is 11.7 Å². The van der Waals surface area contributed by atoms with Crippen LogP contribution >= 0.6 is 0 Å². The minimum Gasteiger partial charge on any atom is -0.459 e. The van der Waals surface area contributed by atoms with Crippen LogP contribution in [0.1, 0.15) is 67.6 Å². The first-order chi connectivity index (χ1) is 33.6. The summed E-state index contributed by atoms with van der Waals surface area (Å²) in [7, 11) is 1.49. The number of carbonyl (C=O) groups is 1. The second kappa shape index (κ2) is 21.8. The molecule has 2 N–H and O–H groups in total. The number of oxime groups is 1. The van der Waals surface area contributed by atoms with E-state index in [1.165, 1.54) is 37.5 Å². The number of fused-ring (bicyclic) bond motifs is 3. The lowest BCUT2D eigenvalue weighted by atomic mass is 9.55. The lowest BCUT2D eigenvalue weighted by Crippen LogP contribution is -2.70. The highest BCUT2D eigenvalue weighted by Crippen LogP contribution is 2.62. The molecule has 6 atom stereocenters. The zero-order chi connectivity index (χ0) is 48.5. The van der Waals surface area contributed by atoms with Crippen molar-refractivity contribution in [3.8, 4) is 17.2 Å². The molecule has 1 heterocycles. The van der Waals surface area contributed by atoms with Gasteiger partial charge in [0.15, 0.2) is 0 Å². The first-order valence-corrected chi connectivity index (χ1v) is 23.3. The summed E-state index contributed by atoms with van der Waals surface area (Å²) in [6.07, 6.45) is 11.3. The molecule has 0 spiro atoms. The molecule has 1 amide bonds. The molecule has 0 bridgehead atoms. The summed E-state index contributed by atoms with van der Waals surface area (Å²) in [5.41, 5.74) is 3.56. The van der Waals surface area contributed by atoms with E-state index in [9.17, 15) is 30.4 Å². The fraction of sp³-hybridized carbons (Fsp3) is 0.333. The monoisotopic (exact) mass is 936 g/mol. The zero-order valence-corrected chi connectivity index (χ0v) is 38.4. The van der Waals surface area contributed by atoms with Crippen molar-refractivity contribution in [3.63, 3.8) is 0 Å². The third kappa shape index (κ3) is 10.3. The Morgan fingerprint density at radius 2 is 1.61 bits per heavy atom. The number of carbonyl (C=O) groups excluding carboxylic acids is 1. The summed E-state index contributed by atoms with van der Waals surface area (Å²) in [6, 6.07) is 30.5. The van der Waals surface area contributed by atoms with Gasteiger partial charge < -0.3 is 34.2 Å². The van der Waals surface area contributed by atoms with Gasteiger partial charge in [-0.2, -0.15) is 0 Å². The lowest BCUT2D eigenvalue weighted by Gasteiger charge is -2.60. The Morgan fingerprint density at radius 3 is 2.35 bits per heavy atom. The largest absolute Gasteiger partial charge is 0.459 e. The molecule has 1 aliphatic heterocycles. The highest BCUT2D eigenvalue weighted by Gasteiger charge is 2.65. The highest BCUT2D eigenvalue weighted by atomic mass is 16.7. The van der Waals surface area contributed by atoms with Crippen molar-refractivity contribution in [2.45, 2.75) is 69.2 Å². The lowest BCUT2D eigenvalue weighted by molar-refractivity contribution is -0.385. The Bertz CT molecular complexity index is 2770. The number of allylic oxidation sites excluding steroid dienone is 1. The molecule has 8 rings (SSSR count). The molecule has 1 saturated carbocycles.